The number of amides is 1. The number of carbonyl (C=O) groups excluding carboxylic acids is 1. The van der Waals surface area contributed by atoms with Gasteiger partial charge >= 0.3 is 6.18 Å². The van der Waals surface area contributed by atoms with E-state index in [1.54, 1.807) is 10.9 Å². The van der Waals surface area contributed by atoms with Gasteiger partial charge in [-0.05, 0) is 37.8 Å². The highest BCUT2D eigenvalue weighted by molar-refractivity contribution is 6.32. The average Bonchev–Trinajstić information content (AvgIpc) is 3.34. The Hall–Kier alpha value is -2.81. The molecule has 1 saturated carbocycles. The summed E-state index contributed by atoms with van der Waals surface area (Å²) in [6, 6.07) is 6.93. The summed E-state index contributed by atoms with van der Waals surface area (Å²) in [5.74, 6) is -0.603. The molecule has 0 aliphatic heterocycles. The molecular formula is C21H21ClF3N5O. The molecule has 0 radical (unpaired) electrons. The Labute approximate surface area is 182 Å². The molecule has 1 N–H and O–H groups in total. The van der Waals surface area contributed by atoms with Gasteiger partial charge in [0.1, 0.15) is 6.04 Å². The van der Waals surface area contributed by atoms with Crippen LogP contribution in [0.2, 0.25) is 5.02 Å². The van der Waals surface area contributed by atoms with Crippen molar-refractivity contribution in [2.75, 3.05) is 5.32 Å². The van der Waals surface area contributed by atoms with Gasteiger partial charge in [-0.15, -0.1) is 0 Å². The van der Waals surface area contributed by atoms with Crippen LogP contribution >= 0.6 is 11.6 Å². The van der Waals surface area contributed by atoms with Crippen molar-refractivity contribution in [3.05, 3.63) is 64.2 Å². The van der Waals surface area contributed by atoms with Gasteiger partial charge in [-0.1, -0.05) is 35.9 Å². The van der Waals surface area contributed by atoms with E-state index >= 15 is 0 Å². The lowest BCUT2D eigenvalue weighted by atomic mass is 10.1. The van der Waals surface area contributed by atoms with Crippen LogP contribution in [0.5, 0.6) is 0 Å². The molecule has 1 aromatic carbocycles. The number of aryl methyl sites for hydroxylation is 1. The lowest BCUT2D eigenvalue weighted by Crippen LogP contribution is -2.26. The highest BCUT2D eigenvalue weighted by Gasteiger charge is 2.43. The van der Waals surface area contributed by atoms with Crippen LogP contribution < -0.4 is 5.32 Å². The van der Waals surface area contributed by atoms with Gasteiger partial charge in [0.05, 0.1) is 29.1 Å². The summed E-state index contributed by atoms with van der Waals surface area (Å²) in [7, 11) is 0. The number of nitrogens with one attached hydrogen (secondary N) is 1. The summed E-state index contributed by atoms with van der Waals surface area (Å²) >= 11 is 6.00. The number of anilines is 1. The maximum absolute atomic E-state index is 13.3. The van der Waals surface area contributed by atoms with E-state index in [1.807, 2.05) is 31.2 Å². The number of nitrogens with zero attached hydrogens (tertiary/aromatic N) is 4. The number of carbonyl (C=O) groups is 1. The summed E-state index contributed by atoms with van der Waals surface area (Å²) in [6.07, 6.45) is -0.0533. The second-order valence-electron chi connectivity index (χ2n) is 7.78. The number of hydrogen-bond acceptors (Lipinski definition) is 3. The molecular weight excluding hydrogens is 431 g/mol. The molecule has 1 aliphatic rings. The molecule has 31 heavy (non-hydrogen) atoms. The second-order valence-corrected chi connectivity index (χ2v) is 8.16. The van der Waals surface area contributed by atoms with Gasteiger partial charge in [-0.3, -0.25) is 14.2 Å². The zero-order chi connectivity index (χ0) is 22.3. The molecule has 0 bridgehead atoms. The van der Waals surface area contributed by atoms with Crippen molar-refractivity contribution in [1.29, 1.82) is 0 Å². The number of halogens is 4. The van der Waals surface area contributed by atoms with Crippen molar-refractivity contribution >= 4 is 23.2 Å². The molecule has 1 unspecified atom stereocenters. The third kappa shape index (κ3) is 4.46. The molecule has 1 amide bonds. The van der Waals surface area contributed by atoms with E-state index in [0.717, 1.165) is 28.7 Å². The fourth-order valence-electron chi connectivity index (χ4n) is 3.46. The zero-order valence-corrected chi connectivity index (χ0v) is 17.7. The molecule has 1 aliphatic carbocycles. The van der Waals surface area contributed by atoms with E-state index in [-0.39, 0.29) is 11.6 Å². The number of hydrogen-bond donors (Lipinski definition) is 1. The highest BCUT2D eigenvalue weighted by atomic mass is 35.5. The molecule has 6 nitrogen and oxygen atoms in total. The van der Waals surface area contributed by atoms with E-state index in [9.17, 15) is 18.0 Å². The quantitative estimate of drug-likeness (QED) is 0.561. The Kier molecular flexibility index (Phi) is 5.55. The summed E-state index contributed by atoms with van der Waals surface area (Å²) in [5.41, 5.74) is 1.79. The molecule has 10 heteroatoms. The summed E-state index contributed by atoms with van der Waals surface area (Å²) < 4.78 is 42.6. The topological polar surface area (TPSA) is 64.7 Å². The number of aromatic nitrogens is 4. The van der Waals surface area contributed by atoms with Crippen LogP contribution in [-0.4, -0.2) is 25.5 Å². The van der Waals surface area contributed by atoms with Crippen molar-refractivity contribution in [1.82, 2.24) is 19.6 Å². The van der Waals surface area contributed by atoms with Crippen LogP contribution in [0.1, 0.15) is 54.2 Å². The minimum Gasteiger partial charge on any atom is -0.322 e. The molecule has 1 fully saturated rings. The third-order valence-corrected chi connectivity index (χ3v) is 5.73. The van der Waals surface area contributed by atoms with Gasteiger partial charge in [0, 0.05) is 12.1 Å². The maximum atomic E-state index is 13.3. The monoisotopic (exact) mass is 451 g/mol. The minimum atomic E-state index is -4.68. The molecule has 4 rings (SSSR count). The smallest absolute Gasteiger partial charge is 0.322 e. The number of alkyl halides is 3. The van der Waals surface area contributed by atoms with Crippen LogP contribution in [0.15, 0.2) is 36.7 Å². The first-order valence-corrected chi connectivity index (χ1v) is 10.3. The van der Waals surface area contributed by atoms with Crippen molar-refractivity contribution in [3.8, 4) is 0 Å². The van der Waals surface area contributed by atoms with E-state index in [2.05, 4.69) is 15.5 Å². The van der Waals surface area contributed by atoms with Crippen molar-refractivity contribution in [2.45, 2.75) is 51.4 Å². The summed E-state index contributed by atoms with van der Waals surface area (Å²) in [6.45, 7) is 4.04. The van der Waals surface area contributed by atoms with E-state index in [1.165, 1.54) is 13.1 Å². The molecule has 2 aromatic heterocycles. The van der Waals surface area contributed by atoms with Gasteiger partial charge in [0.15, 0.2) is 5.69 Å². The Balaban J connectivity index is 1.51. The van der Waals surface area contributed by atoms with Crippen LogP contribution in [0, 0.1) is 6.92 Å². The van der Waals surface area contributed by atoms with Crippen LogP contribution in [0.3, 0.4) is 0 Å². The van der Waals surface area contributed by atoms with Gasteiger partial charge in [-0.2, -0.15) is 23.4 Å². The van der Waals surface area contributed by atoms with Gasteiger partial charge in [0.25, 0.3) is 0 Å². The lowest BCUT2D eigenvalue weighted by Gasteiger charge is -2.15. The standard InChI is InChI=1S/C21H21ClF3N5O/c1-12-5-3-4-6-15(12)10-29-11-16(9-26-29)27-20(31)13(2)30-18(14-7-8-14)17(22)19(28-30)21(23,24)25/h3-6,9,11,13-14H,7-8,10H2,1-2H3,(H,27,31). The number of rotatable bonds is 6. The van der Waals surface area contributed by atoms with Crippen LogP contribution in [-0.2, 0) is 17.5 Å². The lowest BCUT2D eigenvalue weighted by molar-refractivity contribution is -0.141. The predicted molar refractivity (Wildman–Crippen MR) is 110 cm³/mol. The van der Waals surface area contributed by atoms with Gasteiger partial charge < -0.3 is 5.32 Å². The van der Waals surface area contributed by atoms with Crippen molar-refractivity contribution < 1.29 is 18.0 Å². The van der Waals surface area contributed by atoms with Crippen molar-refractivity contribution in [3.63, 3.8) is 0 Å². The molecule has 2 heterocycles. The molecule has 164 valence electrons. The van der Waals surface area contributed by atoms with Crippen LogP contribution in [0.25, 0.3) is 0 Å². The van der Waals surface area contributed by atoms with E-state index < -0.39 is 28.8 Å². The number of benzene rings is 1. The van der Waals surface area contributed by atoms with E-state index in [0.29, 0.717) is 12.2 Å². The molecule has 3 aromatic rings. The Morgan fingerprint density at radius 3 is 2.68 bits per heavy atom. The summed E-state index contributed by atoms with van der Waals surface area (Å²) in [4.78, 5) is 12.8. The predicted octanol–water partition coefficient (Wildman–Crippen LogP) is 5.19. The first-order chi connectivity index (χ1) is 14.6. The molecule has 1 atom stereocenters. The fraction of sp³-hybridized carbons (Fsp3) is 0.381. The normalized spacial score (nSPS) is 15.2. The summed E-state index contributed by atoms with van der Waals surface area (Å²) in [5, 5.41) is 10.2. The van der Waals surface area contributed by atoms with Crippen LogP contribution in [0.4, 0.5) is 18.9 Å². The minimum absolute atomic E-state index is 0.108. The molecule has 0 saturated heterocycles. The molecule has 0 spiro atoms. The maximum Gasteiger partial charge on any atom is 0.436 e. The first kappa shape index (κ1) is 21.4. The van der Waals surface area contributed by atoms with Gasteiger partial charge in [-0.25, -0.2) is 0 Å². The SMILES string of the molecule is Cc1ccccc1Cn1cc(NC(=O)C(C)n2nc(C(F)(F)F)c(Cl)c2C2CC2)cn1. The highest BCUT2D eigenvalue weighted by Crippen LogP contribution is 2.47. The zero-order valence-electron chi connectivity index (χ0n) is 16.9. The Morgan fingerprint density at radius 2 is 2.03 bits per heavy atom. The Morgan fingerprint density at radius 1 is 1.32 bits per heavy atom. The largest absolute Gasteiger partial charge is 0.436 e. The Bertz CT molecular complexity index is 1120. The van der Waals surface area contributed by atoms with Gasteiger partial charge in [0.2, 0.25) is 5.91 Å². The van der Waals surface area contributed by atoms with Crippen molar-refractivity contribution in [2.24, 2.45) is 0 Å². The fourth-order valence-corrected chi connectivity index (χ4v) is 3.85. The van der Waals surface area contributed by atoms with E-state index in [4.69, 9.17) is 11.6 Å². The average molecular weight is 452 g/mol. The third-order valence-electron chi connectivity index (χ3n) is 5.36. The second kappa shape index (κ2) is 8.03. The first-order valence-electron chi connectivity index (χ1n) is 9.88.